The van der Waals surface area contributed by atoms with E-state index in [9.17, 15) is 12.8 Å². The zero-order chi connectivity index (χ0) is 14.0. The number of sulfonamides is 1. The van der Waals surface area contributed by atoms with Crippen LogP contribution < -0.4 is 4.72 Å². The van der Waals surface area contributed by atoms with E-state index in [1.165, 1.54) is 12.1 Å². The molecule has 4 nitrogen and oxygen atoms in total. The van der Waals surface area contributed by atoms with E-state index in [4.69, 9.17) is 5.11 Å². The highest BCUT2D eigenvalue weighted by Gasteiger charge is 2.39. The van der Waals surface area contributed by atoms with Gasteiger partial charge in [-0.3, -0.25) is 0 Å². The molecule has 106 valence electrons. The van der Waals surface area contributed by atoms with E-state index in [1.807, 2.05) is 0 Å². The van der Waals surface area contributed by atoms with Gasteiger partial charge in [-0.25, -0.2) is 17.5 Å². The molecule has 0 spiro atoms. The Bertz CT molecular complexity index is 559. The predicted molar refractivity (Wildman–Crippen MR) is 69.4 cm³/mol. The van der Waals surface area contributed by atoms with Crippen LogP contribution in [0.15, 0.2) is 23.1 Å². The van der Waals surface area contributed by atoms with Gasteiger partial charge in [-0.15, -0.1) is 0 Å². The van der Waals surface area contributed by atoms with Gasteiger partial charge in [-0.2, -0.15) is 0 Å². The summed E-state index contributed by atoms with van der Waals surface area (Å²) in [5.74, 6) is -0.453. The molecule has 2 atom stereocenters. The minimum absolute atomic E-state index is 0.0677. The number of nitrogens with one attached hydrogen (secondary N) is 1. The molecular weight excluding hydrogens is 269 g/mol. The first kappa shape index (κ1) is 14.4. The van der Waals surface area contributed by atoms with Crippen molar-refractivity contribution < 1.29 is 17.9 Å². The van der Waals surface area contributed by atoms with Gasteiger partial charge in [0.2, 0.25) is 10.0 Å². The summed E-state index contributed by atoms with van der Waals surface area (Å²) in [5.41, 5.74) is 0.353. The number of hydrogen-bond donors (Lipinski definition) is 2. The maximum absolute atomic E-state index is 13.7. The van der Waals surface area contributed by atoms with Crippen molar-refractivity contribution in [2.75, 3.05) is 0 Å². The molecule has 1 aliphatic rings. The number of halogens is 1. The second-order valence-electron chi connectivity index (χ2n) is 4.94. The van der Waals surface area contributed by atoms with Gasteiger partial charge in [0.25, 0.3) is 0 Å². The average molecular weight is 287 g/mol. The molecule has 1 aliphatic carbocycles. The van der Waals surface area contributed by atoms with E-state index in [-0.39, 0.29) is 17.5 Å². The molecule has 19 heavy (non-hydrogen) atoms. The van der Waals surface area contributed by atoms with Crippen LogP contribution in [0.1, 0.15) is 31.7 Å². The van der Waals surface area contributed by atoms with E-state index in [1.54, 1.807) is 0 Å². The van der Waals surface area contributed by atoms with E-state index in [0.29, 0.717) is 11.5 Å². The van der Waals surface area contributed by atoms with Crippen molar-refractivity contribution in [2.45, 2.75) is 43.7 Å². The van der Waals surface area contributed by atoms with Gasteiger partial charge in [-0.05, 0) is 36.5 Å². The van der Waals surface area contributed by atoms with Crippen molar-refractivity contribution in [1.29, 1.82) is 0 Å². The normalized spacial score (nSPS) is 22.5. The minimum atomic E-state index is -3.81. The number of aliphatic hydroxyl groups is 1. The molecular formula is C13H18FNO3S. The van der Waals surface area contributed by atoms with Crippen LogP contribution in [-0.4, -0.2) is 19.6 Å². The second-order valence-corrected chi connectivity index (χ2v) is 6.62. The van der Waals surface area contributed by atoms with Crippen LogP contribution in [0, 0.1) is 11.7 Å². The molecule has 0 bridgehead atoms. The van der Waals surface area contributed by atoms with Crippen molar-refractivity contribution >= 4 is 10.0 Å². The highest BCUT2D eigenvalue weighted by atomic mass is 32.2. The van der Waals surface area contributed by atoms with E-state index in [0.717, 1.165) is 25.3 Å². The summed E-state index contributed by atoms with van der Waals surface area (Å²) in [4.78, 5) is -0.355. The Morgan fingerprint density at radius 2 is 2.21 bits per heavy atom. The summed E-state index contributed by atoms with van der Waals surface area (Å²) >= 11 is 0. The number of hydrogen-bond acceptors (Lipinski definition) is 3. The Morgan fingerprint density at radius 1 is 1.47 bits per heavy atom. The Kier molecular flexibility index (Phi) is 4.23. The molecule has 2 unspecified atom stereocenters. The standard InChI is InChI=1S/C13H18FNO3S/c1-2-3-10-7-12(10)15-19(17,18)13-5-4-9(8-16)6-11(13)14/h4-6,10,12,15-16H,2-3,7-8H2,1H3. The van der Waals surface area contributed by atoms with Gasteiger partial charge in [0.1, 0.15) is 10.7 Å². The van der Waals surface area contributed by atoms with E-state index in [2.05, 4.69) is 11.6 Å². The molecule has 2 N–H and O–H groups in total. The van der Waals surface area contributed by atoms with Gasteiger partial charge in [0.15, 0.2) is 0 Å². The first-order valence-corrected chi connectivity index (χ1v) is 7.88. The van der Waals surface area contributed by atoms with Crippen LogP contribution >= 0.6 is 0 Å². The average Bonchev–Trinajstić information content (AvgIpc) is 3.06. The van der Waals surface area contributed by atoms with Crippen LogP contribution in [0.25, 0.3) is 0 Å². The van der Waals surface area contributed by atoms with Crippen molar-refractivity contribution in [3.05, 3.63) is 29.6 Å². The topological polar surface area (TPSA) is 66.4 Å². The van der Waals surface area contributed by atoms with Crippen molar-refractivity contribution in [2.24, 2.45) is 5.92 Å². The minimum Gasteiger partial charge on any atom is -0.392 e. The Morgan fingerprint density at radius 3 is 2.79 bits per heavy atom. The lowest BCUT2D eigenvalue weighted by molar-refractivity contribution is 0.281. The maximum atomic E-state index is 13.7. The molecule has 0 aromatic heterocycles. The highest BCUT2D eigenvalue weighted by molar-refractivity contribution is 7.89. The number of benzene rings is 1. The molecule has 1 aromatic rings. The quantitative estimate of drug-likeness (QED) is 0.838. The second kappa shape index (κ2) is 5.56. The summed E-state index contributed by atoms with van der Waals surface area (Å²) in [6, 6.07) is 3.58. The first-order valence-electron chi connectivity index (χ1n) is 6.39. The Hall–Kier alpha value is -0.980. The van der Waals surface area contributed by atoms with Crippen molar-refractivity contribution in [3.8, 4) is 0 Å². The Labute approximate surface area is 112 Å². The highest BCUT2D eigenvalue weighted by Crippen LogP contribution is 2.35. The molecule has 0 radical (unpaired) electrons. The summed E-state index contributed by atoms with van der Waals surface area (Å²) in [5, 5.41) is 8.87. The van der Waals surface area contributed by atoms with Crippen LogP contribution in [0.4, 0.5) is 4.39 Å². The molecule has 1 fully saturated rings. The zero-order valence-electron chi connectivity index (χ0n) is 10.8. The molecule has 1 saturated carbocycles. The Balaban J connectivity index is 2.12. The van der Waals surface area contributed by atoms with Gasteiger partial charge >= 0.3 is 0 Å². The summed E-state index contributed by atoms with van der Waals surface area (Å²) in [7, 11) is -3.81. The summed E-state index contributed by atoms with van der Waals surface area (Å²) in [6.07, 6.45) is 2.82. The van der Waals surface area contributed by atoms with Gasteiger partial charge < -0.3 is 5.11 Å². The first-order chi connectivity index (χ1) is 8.97. The maximum Gasteiger partial charge on any atom is 0.243 e. The third-order valence-electron chi connectivity index (χ3n) is 3.36. The van der Waals surface area contributed by atoms with E-state index >= 15 is 0 Å². The predicted octanol–water partition coefficient (Wildman–Crippen LogP) is 1.78. The van der Waals surface area contributed by atoms with Crippen LogP contribution in [-0.2, 0) is 16.6 Å². The number of rotatable bonds is 6. The zero-order valence-corrected chi connectivity index (χ0v) is 11.6. The van der Waals surface area contributed by atoms with Crippen molar-refractivity contribution in [3.63, 3.8) is 0 Å². The fourth-order valence-electron chi connectivity index (χ4n) is 2.21. The fourth-order valence-corrected chi connectivity index (χ4v) is 3.58. The lowest BCUT2D eigenvalue weighted by atomic mass is 10.2. The van der Waals surface area contributed by atoms with Crippen LogP contribution in [0.5, 0.6) is 0 Å². The molecule has 0 heterocycles. The third kappa shape index (κ3) is 3.32. The van der Waals surface area contributed by atoms with E-state index < -0.39 is 15.8 Å². The summed E-state index contributed by atoms with van der Waals surface area (Å²) < 4.78 is 40.3. The smallest absolute Gasteiger partial charge is 0.243 e. The molecule has 6 heteroatoms. The monoisotopic (exact) mass is 287 g/mol. The number of aliphatic hydroxyl groups excluding tert-OH is 1. The summed E-state index contributed by atoms with van der Waals surface area (Å²) in [6.45, 7) is 1.74. The van der Waals surface area contributed by atoms with Gasteiger partial charge in [0, 0.05) is 6.04 Å². The molecule has 0 aliphatic heterocycles. The third-order valence-corrected chi connectivity index (χ3v) is 4.88. The van der Waals surface area contributed by atoms with Gasteiger partial charge in [0.05, 0.1) is 6.61 Å². The lowest BCUT2D eigenvalue weighted by Crippen LogP contribution is -2.28. The molecule has 2 rings (SSSR count). The van der Waals surface area contributed by atoms with Crippen LogP contribution in [0.2, 0.25) is 0 Å². The molecule has 1 aromatic carbocycles. The molecule has 0 saturated heterocycles. The fraction of sp³-hybridized carbons (Fsp3) is 0.538. The largest absolute Gasteiger partial charge is 0.392 e. The molecule has 0 amide bonds. The lowest BCUT2D eigenvalue weighted by Gasteiger charge is -2.08. The van der Waals surface area contributed by atoms with Crippen molar-refractivity contribution in [1.82, 2.24) is 4.72 Å². The van der Waals surface area contributed by atoms with Gasteiger partial charge in [-0.1, -0.05) is 19.4 Å². The SMILES string of the molecule is CCCC1CC1NS(=O)(=O)c1ccc(CO)cc1F. The van der Waals surface area contributed by atoms with Crippen LogP contribution in [0.3, 0.4) is 0 Å².